The smallest absolute Gasteiger partial charge is 0.185 e. The summed E-state index contributed by atoms with van der Waals surface area (Å²) < 4.78 is 5.27. The zero-order valence-corrected chi connectivity index (χ0v) is 14.8. The van der Waals surface area contributed by atoms with Crippen molar-refractivity contribution in [1.29, 1.82) is 0 Å². The predicted molar refractivity (Wildman–Crippen MR) is 90.1 cm³/mol. The zero-order chi connectivity index (χ0) is 15.5. The van der Waals surface area contributed by atoms with E-state index in [1.54, 1.807) is 18.4 Å². The maximum absolute atomic E-state index is 5.27. The molecule has 1 unspecified atom stereocenters. The molecule has 1 heterocycles. The van der Waals surface area contributed by atoms with E-state index < -0.39 is 0 Å². The van der Waals surface area contributed by atoms with Crippen LogP contribution in [0.2, 0.25) is 0 Å². The van der Waals surface area contributed by atoms with Gasteiger partial charge in [0, 0.05) is 37.2 Å². The molecule has 0 radical (unpaired) electrons. The minimum Gasteiger partial charge on any atom is -0.383 e. The van der Waals surface area contributed by atoms with Crippen LogP contribution in [0.4, 0.5) is 5.13 Å². The zero-order valence-electron chi connectivity index (χ0n) is 14.0. The average molecular weight is 311 g/mol. The lowest BCUT2D eigenvalue weighted by molar-refractivity contribution is 0.202. The van der Waals surface area contributed by atoms with Crippen molar-refractivity contribution >= 4 is 16.5 Å². The quantitative estimate of drug-likeness (QED) is 0.799. The molecule has 1 aliphatic rings. The molecular weight excluding hydrogens is 282 g/mol. The van der Waals surface area contributed by atoms with Crippen LogP contribution >= 0.6 is 11.3 Å². The summed E-state index contributed by atoms with van der Waals surface area (Å²) in [5, 5.41) is 6.81. The lowest BCUT2D eigenvalue weighted by atomic mass is 10.1. The molecule has 5 heteroatoms. The minimum atomic E-state index is 0.126. The van der Waals surface area contributed by atoms with Gasteiger partial charge in [0.2, 0.25) is 0 Å². The Labute approximate surface area is 132 Å². The Balaban J connectivity index is 2.00. The molecule has 21 heavy (non-hydrogen) atoms. The number of rotatable bonds is 8. The molecule has 0 amide bonds. The van der Waals surface area contributed by atoms with E-state index in [1.165, 1.54) is 12.8 Å². The Morgan fingerprint density at radius 1 is 1.48 bits per heavy atom. The molecule has 120 valence electrons. The van der Waals surface area contributed by atoms with Gasteiger partial charge in [-0.15, -0.1) is 11.3 Å². The number of nitrogens with one attached hydrogen (secondary N) is 1. The van der Waals surface area contributed by atoms with E-state index in [-0.39, 0.29) is 5.54 Å². The summed E-state index contributed by atoms with van der Waals surface area (Å²) in [5.74, 6) is 0.835. The highest BCUT2D eigenvalue weighted by atomic mass is 32.1. The van der Waals surface area contributed by atoms with Gasteiger partial charge in [-0.1, -0.05) is 0 Å². The van der Waals surface area contributed by atoms with E-state index in [2.05, 4.69) is 43.3 Å². The Morgan fingerprint density at radius 3 is 2.76 bits per heavy atom. The highest BCUT2D eigenvalue weighted by molar-refractivity contribution is 7.13. The highest BCUT2D eigenvalue weighted by Crippen LogP contribution is 2.37. The summed E-state index contributed by atoms with van der Waals surface area (Å²) in [6.07, 6.45) is 2.71. The summed E-state index contributed by atoms with van der Waals surface area (Å²) in [5.41, 5.74) is 1.26. The van der Waals surface area contributed by atoms with E-state index in [1.807, 2.05) is 0 Å². The summed E-state index contributed by atoms with van der Waals surface area (Å²) in [7, 11) is 1.76. The van der Waals surface area contributed by atoms with Gasteiger partial charge >= 0.3 is 0 Å². The molecule has 1 atom stereocenters. The van der Waals surface area contributed by atoms with Gasteiger partial charge in [0.05, 0.1) is 12.3 Å². The van der Waals surface area contributed by atoms with Crippen LogP contribution in [0.25, 0.3) is 0 Å². The number of hydrogen-bond donors (Lipinski definition) is 1. The monoisotopic (exact) mass is 311 g/mol. The summed E-state index contributed by atoms with van der Waals surface area (Å²) in [6.45, 7) is 11.4. The first-order valence-electron chi connectivity index (χ1n) is 7.85. The molecule has 1 aromatic heterocycles. The fourth-order valence-electron chi connectivity index (χ4n) is 2.36. The predicted octanol–water partition coefficient (Wildman–Crippen LogP) is 3.28. The van der Waals surface area contributed by atoms with Gasteiger partial charge in [-0.05, 0) is 46.5 Å². The first-order valence-corrected chi connectivity index (χ1v) is 8.73. The van der Waals surface area contributed by atoms with E-state index in [0.717, 1.165) is 36.4 Å². The largest absolute Gasteiger partial charge is 0.383 e. The maximum atomic E-state index is 5.27. The van der Waals surface area contributed by atoms with Gasteiger partial charge in [-0.2, -0.15) is 0 Å². The number of methoxy groups -OCH3 is 1. The molecule has 1 N–H and O–H groups in total. The first-order chi connectivity index (χ1) is 9.90. The van der Waals surface area contributed by atoms with E-state index >= 15 is 0 Å². The van der Waals surface area contributed by atoms with Crippen LogP contribution in [0.5, 0.6) is 0 Å². The minimum absolute atomic E-state index is 0.126. The van der Waals surface area contributed by atoms with Crippen LogP contribution in [0, 0.1) is 5.92 Å². The fourth-order valence-corrected chi connectivity index (χ4v) is 3.30. The van der Waals surface area contributed by atoms with Crippen molar-refractivity contribution in [3.8, 4) is 0 Å². The lowest BCUT2D eigenvalue weighted by Gasteiger charge is -2.28. The highest BCUT2D eigenvalue weighted by Gasteiger charge is 2.33. The van der Waals surface area contributed by atoms with Crippen molar-refractivity contribution in [1.82, 2.24) is 10.3 Å². The Morgan fingerprint density at radius 2 is 2.19 bits per heavy atom. The van der Waals surface area contributed by atoms with Crippen LogP contribution in [0.1, 0.15) is 46.2 Å². The second-order valence-electron chi connectivity index (χ2n) is 6.99. The third-order valence-corrected chi connectivity index (χ3v) is 4.84. The molecule has 1 aromatic rings. The van der Waals surface area contributed by atoms with Crippen LogP contribution in [-0.4, -0.2) is 36.8 Å². The molecule has 4 nitrogen and oxygen atoms in total. The van der Waals surface area contributed by atoms with Crippen LogP contribution in [-0.2, 0) is 11.3 Å². The average Bonchev–Trinajstić information content (AvgIpc) is 3.16. The van der Waals surface area contributed by atoms with Crippen molar-refractivity contribution in [2.75, 3.05) is 25.2 Å². The molecule has 0 saturated heterocycles. The van der Waals surface area contributed by atoms with E-state index in [0.29, 0.717) is 6.04 Å². The van der Waals surface area contributed by atoms with Crippen molar-refractivity contribution in [2.45, 2.75) is 58.7 Å². The van der Waals surface area contributed by atoms with Crippen molar-refractivity contribution in [3.05, 3.63) is 11.1 Å². The number of thiazole rings is 1. The molecule has 0 aliphatic heterocycles. The van der Waals surface area contributed by atoms with Crippen LogP contribution < -0.4 is 10.2 Å². The molecular formula is C16H29N3OS. The van der Waals surface area contributed by atoms with Crippen molar-refractivity contribution in [2.24, 2.45) is 5.92 Å². The standard InChI is InChI=1S/C16H29N3OS/c1-12(13-6-7-13)19(8-9-20-5)15-18-14(11-21-15)10-17-16(2,3)4/h11-13,17H,6-10H2,1-5H3. The second-order valence-corrected chi connectivity index (χ2v) is 7.83. The number of ether oxygens (including phenoxy) is 1. The normalized spacial score (nSPS) is 17.0. The SMILES string of the molecule is COCCN(c1nc(CNC(C)(C)C)cs1)C(C)C1CC1. The molecule has 0 spiro atoms. The molecule has 1 aliphatic carbocycles. The molecule has 1 saturated carbocycles. The first kappa shape index (κ1) is 16.7. The van der Waals surface area contributed by atoms with Crippen LogP contribution in [0.3, 0.4) is 0 Å². The van der Waals surface area contributed by atoms with Crippen molar-refractivity contribution in [3.63, 3.8) is 0 Å². The number of anilines is 1. The Hall–Kier alpha value is -0.650. The summed E-state index contributed by atoms with van der Waals surface area (Å²) >= 11 is 1.75. The number of hydrogen-bond acceptors (Lipinski definition) is 5. The maximum Gasteiger partial charge on any atom is 0.185 e. The fraction of sp³-hybridized carbons (Fsp3) is 0.812. The molecule has 0 bridgehead atoms. The van der Waals surface area contributed by atoms with Crippen LogP contribution in [0.15, 0.2) is 5.38 Å². The van der Waals surface area contributed by atoms with Gasteiger partial charge in [-0.3, -0.25) is 0 Å². The van der Waals surface area contributed by atoms with Gasteiger partial charge in [0.25, 0.3) is 0 Å². The van der Waals surface area contributed by atoms with Gasteiger partial charge in [-0.25, -0.2) is 4.98 Å². The van der Waals surface area contributed by atoms with E-state index in [4.69, 9.17) is 9.72 Å². The summed E-state index contributed by atoms with van der Waals surface area (Å²) in [4.78, 5) is 7.25. The van der Waals surface area contributed by atoms with Gasteiger partial charge in [0.15, 0.2) is 5.13 Å². The third kappa shape index (κ3) is 5.24. The number of nitrogens with zero attached hydrogens (tertiary/aromatic N) is 2. The lowest BCUT2D eigenvalue weighted by Crippen LogP contribution is -2.37. The third-order valence-electron chi connectivity index (χ3n) is 3.92. The Bertz CT molecular complexity index is 437. The second kappa shape index (κ2) is 7.07. The molecule has 1 fully saturated rings. The van der Waals surface area contributed by atoms with Gasteiger partial charge in [0.1, 0.15) is 0 Å². The van der Waals surface area contributed by atoms with Gasteiger partial charge < -0.3 is 15.0 Å². The Kier molecular flexibility index (Phi) is 5.63. The van der Waals surface area contributed by atoms with E-state index in [9.17, 15) is 0 Å². The molecule has 0 aromatic carbocycles. The topological polar surface area (TPSA) is 37.4 Å². The molecule has 2 rings (SSSR count). The number of aromatic nitrogens is 1. The summed E-state index contributed by atoms with van der Waals surface area (Å²) in [6, 6.07) is 0.565. The van der Waals surface area contributed by atoms with Crippen molar-refractivity contribution < 1.29 is 4.74 Å².